The summed E-state index contributed by atoms with van der Waals surface area (Å²) < 4.78 is 1.68. The fraction of sp³-hybridized carbons (Fsp3) is 0.350. The van der Waals surface area contributed by atoms with Gasteiger partial charge in [0.1, 0.15) is 6.54 Å². The lowest BCUT2D eigenvalue weighted by Crippen LogP contribution is -2.40. The molecule has 2 aromatic heterocycles. The molecular formula is C20H23N5O. The molecule has 26 heavy (non-hydrogen) atoms. The van der Waals surface area contributed by atoms with Crippen molar-refractivity contribution in [3.05, 3.63) is 71.8 Å². The predicted octanol–water partition coefficient (Wildman–Crippen LogP) is 2.60. The highest BCUT2D eigenvalue weighted by atomic mass is 16.2. The number of carbonyl (C=O) groups excluding carboxylic acids is 1. The van der Waals surface area contributed by atoms with Crippen molar-refractivity contribution in [2.75, 3.05) is 13.1 Å². The number of aromatic nitrogens is 4. The van der Waals surface area contributed by atoms with E-state index in [1.807, 2.05) is 29.4 Å². The van der Waals surface area contributed by atoms with E-state index in [0.717, 1.165) is 32.4 Å². The molecule has 1 aromatic carbocycles. The standard InChI is InChI=1S/C20H23N5O/c26-19(15-25-10-4-9-22-25)24-11-7-17(8-12-24)20-18(14-21-23-20)13-16-5-2-1-3-6-16/h1-6,9-10,14,17H,7-8,11-13,15H2,(H,21,23). The van der Waals surface area contributed by atoms with Gasteiger partial charge >= 0.3 is 0 Å². The molecule has 6 heteroatoms. The lowest BCUT2D eigenvalue weighted by Gasteiger charge is -2.32. The topological polar surface area (TPSA) is 66.8 Å². The third-order valence-electron chi connectivity index (χ3n) is 5.10. The zero-order valence-electron chi connectivity index (χ0n) is 14.7. The Hall–Kier alpha value is -2.89. The second-order valence-electron chi connectivity index (χ2n) is 6.83. The van der Waals surface area contributed by atoms with Crippen LogP contribution in [0.1, 0.15) is 35.6 Å². The lowest BCUT2D eigenvalue weighted by molar-refractivity contribution is -0.133. The van der Waals surface area contributed by atoms with E-state index in [1.54, 1.807) is 10.9 Å². The quantitative estimate of drug-likeness (QED) is 0.770. The van der Waals surface area contributed by atoms with E-state index in [1.165, 1.54) is 16.8 Å². The van der Waals surface area contributed by atoms with Crippen molar-refractivity contribution >= 4 is 5.91 Å². The molecule has 0 unspecified atom stereocenters. The minimum absolute atomic E-state index is 0.140. The van der Waals surface area contributed by atoms with Crippen LogP contribution in [-0.4, -0.2) is 43.9 Å². The van der Waals surface area contributed by atoms with E-state index >= 15 is 0 Å². The van der Waals surface area contributed by atoms with Crippen LogP contribution < -0.4 is 0 Å². The van der Waals surface area contributed by atoms with Crippen LogP contribution in [-0.2, 0) is 17.8 Å². The van der Waals surface area contributed by atoms with Gasteiger partial charge in [0.2, 0.25) is 5.91 Å². The minimum Gasteiger partial charge on any atom is -0.341 e. The van der Waals surface area contributed by atoms with Crippen LogP contribution in [0.3, 0.4) is 0 Å². The highest BCUT2D eigenvalue weighted by molar-refractivity contribution is 5.76. The van der Waals surface area contributed by atoms with Crippen molar-refractivity contribution in [3.63, 3.8) is 0 Å². The largest absolute Gasteiger partial charge is 0.341 e. The molecule has 1 amide bonds. The van der Waals surface area contributed by atoms with Crippen molar-refractivity contribution < 1.29 is 4.79 Å². The Kier molecular flexibility index (Phi) is 4.82. The summed E-state index contributed by atoms with van der Waals surface area (Å²) in [5.74, 6) is 0.575. The molecule has 0 bridgehead atoms. The molecule has 3 heterocycles. The molecule has 1 fully saturated rings. The monoisotopic (exact) mass is 349 g/mol. The van der Waals surface area contributed by atoms with Crippen LogP contribution >= 0.6 is 0 Å². The third kappa shape index (κ3) is 3.69. The number of hydrogen-bond donors (Lipinski definition) is 1. The minimum atomic E-state index is 0.140. The molecular weight excluding hydrogens is 326 g/mol. The molecule has 0 aliphatic carbocycles. The fourth-order valence-electron chi connectivity index (χ4n) is 3.68. The summed E-state index contributed by atoms with van der Waals surface area (Å²) in [4.78, 5) is 14.4. The maximum atomic E-state index is 12.4. The number of nitrogens with zero attached hydrogens (tertiary/aromatic N) is 4. The first-order valence-corrected chi connectivity index (χ1v) is 9.11. The van der Waals surface area contributed by atoms with Crippen LogP contribution in [0.15, 0.2) is 55.0 Å². The Bertz CT molecular complexity index is 832. The van der Waals surface area contributed by atoms with E-state index in [0.29, 0.717) is 12.5 Å². The van der Waals surface area contributed by atoms with E-state index in [4.69, 9.17) is 0 Å². The summed E-state index contributed by atoms with van der Waals surface area (Å²) in [5, 5.41) is 11.6. The molecule has 0 atom stereocenters. The molecule has 0 radical (unpaired) electrons. The van der Waals surface area contributed by atoms with Gasteiger partial charge < -0.3 is 4.90 Å². The van der Waals surface area contributed by atoms with Gasteiger partial charge in [-0.2, -0.15) is 10.2 Å². The Balaban J connectivity index is 1.36. The molecule has 3 aromatic rings. The van der Waals surface area contributed by atoms with Crippen molar-refractivity contribution in [2.24, 2.45) is 0 Å². The zero-order valence-corrected chi connectivity index (χ0v) is 14.7. The number of carbonyl (C=O) groups is 1. The van der Waals surface area contributed by atoms with Gasteiger partial charge in [0.05, 0.1) is 6.20 Å². The van der Waals surface area contributed by atoms with Gasteiger partial charge in [0.25, 0.3) is 0 Å². The van der Waals surface area contributed by atoms with Gasteiger partial charge in [-0.05, 0) is 30.0 Å². The van der Waals surface area contributed by atoms with Crippen LogP contribution in [0.5, 0.6) is 0 Å². The third-order valence-corrected chi connectivity index (χ3v) is 5.10. The van der Waals surface area contributed by atoms with Gasteiger partial charge in [0.15, 0.2) is 0 Å². The van der Waals surface area contributed by atoms with E-state index < -0.39 is 0 Å². The Morgan fingerprint density at radius 2 is 1.96 bits per heavy atom. The van der Waals surface area contributed by atoms with E-state index in [-0.39, 0.29) is 5.91 Å². The molecule has 1 N–H and O–H groups in total. The molecule has 0 saturated carbocycles. The molecule has 1 aliphatic heterocycles. The smallest absolute Gasteiger partial charge is 0.244 e. The normalized spacial score (nSPS) is 15.3. The first kappa shape index (κ1) is 16.6. The van der Waals surface area contributed by atoms with E-state index in [9.17, 15) is 4.79 Å². The molecule has 4 rings (SSSR count). The van der Waals surface area contributed by atoms with Crippen molar-refractivity contribution in [3.8, 4) is 0 Å². The highest BCUT2D eigenvalue weighted by Gasteiger charge is 2.26. The molecule has 0 spiro atoms. The average molecular weight is 349 g/mol. The summed E-state index contributed by atoms with van der Waals surface area (Å²) in [6, 6.07) is 12.3. The van der Waals surface area contributed by atoms with Crippen molar-refractivity contribution in [2.45, 2.75) is 31.7 Å². The van der Waals surface area contributed by atoms with Gasteiger partial charge in [-0.15, -0.1) is 0 Å². The second kappa shape index (κ2) is 7.56. The summed E-state index contributed by atoms with van der Waals surface area (Å²) in [7, 11) is 0. The van der Waals surface area contributed by atoms with Crippen molar-refractivity contribution in [1.29, 1.82) is 0 Å². The van der Waals surface area contributed by atoms with Gasteiger partial charge in [-0.3, -0.25) is 14.6 Å². The first-order valence-electron chi connectivity index (χ1n) is 9.11. The molecule has 6 nitrogen and oxygen atoms in total. The number of hydrogen-bond acceptors (Lipinski definition) is 3. The van der Waals surface area contributed by atoms with E-state index in [2.05, 4.69) is 39.6 Å². The number of piperidine rings is 1. The SMILES string of the molecule is O=C(Cn1cccn1)N1CCC(c2[nH]ncc2Cc2ccccc2)CC1. The van der Waals surface area contributed by atoms with Crippen molar-refractivity contribution in [1.82, 2.24) is 24.9 Å². The van der Waals surface area contributed by atoms with Crippen LogP contribution in [0.25, 0.3) is 0 Å². The highest BCUT2D eigenvalue weighted by Crippen LogP contribution is 2.30. The zero-order chi connectivity index (χ0) is 17.8. The summed E-state index contributed by atoms with van der Waals surface area (Å²) >= 11 is 0. The molecule has 134 valence electrons. The Labute approximate surface area is 152 Å². The van der Waals surface area contributed by atoms with Gasteiger partial charge in [-0.25, -0.2) is 0 Å². The molecule has 1 aliphatic rings. The lowest BCUT2D eigenvalue weighted by atomic mass is 9.90. The predicted molar refractivity (Wildman–Crippen MR) is 98.6 cm³/mol. The maximum absolute atomic E-state index is 12.4. The summed E-state index contributed by atoms with van der Waals surface area (Å²) in [6.07, 6.45) is 8.30. The fourth-order valence-corrected chi connectivity index (χ4v) is 3.68. The average Bonchev–Trinajstić information content (AvgIpc) is 3.35. The summed E-state index contributed by atoms with van der Waals surface area (Å²) in [6.45, 7) is 1.89. The number of H-pyrrole nitrogens is 1. The number of amides is 1. The number of rotatable bonds is 5. The summed E-state index contributed by atoms with van der Waals surface area (Å²) in [5.41, 5.74) is 3.78. The van der Waals surface area contributed by atoms with Crippen LogP contribution in [0, 0.1) is 0 Å². The van der Waals surface area contributed by atoms with Crippen LogP contribution in [0.4, 0.5) is 0 Å². The first-order chi connectivity index (χ1) is 12.8. The Morgan fingerprint density at radius 3 is 2.69 bits per heavy atom. The second-order valence-corrected chi connectivity index (χ2v) is 6.83. The Morgan fingerprint density at radius 1 is 1.15 bits per heavy atom. The van der Waals surface area contributed by atoms with Gasteiger partial charge in [0, 0.05) is 43.5 Å². The van der Waals surface area contributed by atoms with Crippen LogP contribution in [0.2, 0.25) is 0 Å². The van der Waals surface area contributed by atoms with Gasteiger partial charge in [-0.1, -0.05) is 30.3 Å². The molecule has 1 saturated heterocycles. The number of likely N-dealkylation sites (tertiary alicyclic amines) is 1. The number of nitrogens with one attached hydrogen (secondary N) is 1. The number of aromatic amines is 1. The maximum Gasteiger partial charge on any atom is 0.244 e. The number of benzene rings is 1.